The van der Waals surface area contributed by atoms with Gasteiger partial charge in [-0.25, -0.2) is 0 Å². The first-order valence-electron chi connectivity index (χ1n) is 13.1. The van der Waals surface area contributed by atoms with Crippen molar-refractivity contribution < 1.29 is 14.4 Å². The van der Waals surface area contributed by atoms with E-state index in [0.29, 0.717) is 33.1 Å². The molecule has 3 aromatic rings. The maximum Gasteiger partial charge on any atom is 0.227 e. The number of carbonyl (C=O) groups excluding carboxylic acids is 1. The zero-order valence-electron chi connectivity index (χ0n) is 21.7. The molecule has 2 saturated carbocycles. The van der Waals surface area contributed by atoms with Crippen LogP contribution in [0.25, 0.3) is 17.3 Å². The predicted octanol–water partition coefficient (Wildman–Crippen LogP) is 7.03. The summed E-state index contributed by atoms with van der Waals surface area (Å²) in [5.41, 5.74) is 8.83. The van der Waals surface area contributed by atoms with Gasteiger partial charge < -0.3 is 15.4 Å². The Kier molecular flexibility index (Phi) is 7.42. The van der Waals surface area contributed by atoms with Crippen LogP contribution in [-0.2, 0) is 10.2 Å². The zero-order valence-corrected chi connectivity index (χ0v) is 23.2. The molecule has 2 fully saturated rings. The quantitative estimate of drug-likeness (QED) is 0.311. The van der Waals surface area contributed by atoms with Crippen LogP contribution >= 0.6 is 23.2 Å². The van der Waals surface area contributed by atoms with Crippen LogP contribution in [0.3, 0.4) is 0 Å². The van der Waals surface area contributed by atoms with Gasteiger partial charge in [0.25, 0.3) is 0 Å². The van der Waals surface area contributed by atoms with Gasteiger partial charge in [0.15, 0.2) is 0 Å². The second kappa shape index (κ2) is 10.5. The standard InChI is InChI=1S/C30H33Cl2N3O3/c1-29(2,28(33)37)21-7-5-18(6-8-21)19-9-12-30(17-36,13-10-19)14-11-22-26(35-38-27(22)20-3-4-20)25-23(31)15-34-16-24(25)32/h5-8,11,14-16,19-20,36H,3-4,9-10,12-13,17H2,1-2H3,(H2,33,37)/b14-11+. The highest BCUT2D eigenvalue weighted by Gasteiger charge is 2.36. The van der Waals surface area contributed by atoms with Gasteiger partial charge in [-0.2, -0.15) is 0 Å². The summed E-state index contributed by atoms with van der Waals surface area (Å²) in [4.78, 5) is 15.9. The number of rotatable bonds is 8. The number of aliphatic hydroxyl groups excluding tert-OH is 1. The van der Waals surface area contributed by atoms with Gasteiger partial charge in [0.05, 0.1) is 22.1 Å². The van der Waals surface area contributed by atoms with Crippen molar-refractivity contribution >= 4 is 35.2 Å². The van der Waals surface area contributed by atoms with Crippen molar-refractivity contribution in [3.63, 3.8) is 0 Å². The molecular weight excluding hydrogens is 521 g/mol. The maximum atomic E-state index is 11.8. The van der Waals surface area contributed by atoms with Gasteiger partial charge in [0.2, 0.25) is 5.91 Å². The van der Waals surface area contributed by atoms with E-state index in [1.165, 1.54) is 5.56 Å². The number of amides is 1. The number of pyridine rings is 1. The third-order valence-corrected chi connectivity index (χ3v) is 8.99. The second-order valence-electron chi connectivity index (χ2n) is 11.3. The highest BCUT2D eigenvalue weighted by Crippen LogP contribution is 2.48. The average Bonchev–Trinajstić information content (AvgIpc) is 3.68. The highest BCUT2D eigenvalue weighted by atomic mass is 35.5. The van der Waals surface area contributed by atoms with Crippen LogP contribution in [-0.4, -0.2) is 27.8 Å². The number of nitrogens with zero attached hydrogens (tertiary/aromatic N) is 2. The molecule has 1 aromatic carbocycles. The molecule has 0 bridgehead atoms. The summed E-state index contributed by atoms with van der Waals surface area (Å²) in [6.07, 6.45) is 13.0. The minimum atomic E-state index is -0.702. The van der Waals surface area contributed by atoms with Crippen molar-refractivity contribution in [3.8, 4) is 11.3 Å². The first-order valence-corrected chi connectivity index (χ1v) is 13.9. The molecule has 5 rings (SSSR count). The van der Waals surface area contributed by atoms with Crippen molar-refractivity contribution in [1.82, 2.24) is 10.1 Å². The molecule has 0 aliphatic heterocycles. The molecule has 0 atom stereocenters. The Morgan fingerprint density at radius 1 is 1.11 bits per heavy atom. The highest BCUT2D eigenvalue weighted by molar-refractivity contribution is 6.39. The molecule has 200 valence electrons. The van der Waals surface area contributed by atoms with Crippen LogP contribution in [0, 0.1) is 5.41 Å². The topological polar surface area (TPSA) is 102 Å². The average molecular weight is 555 g/mol. The predicted molar refractivity (Wildman–Crippen MR) is 150 cm³/mol. The number of nitrogens with two attached hydrogens (primary N) is 1. The molecule has 2 aliphatic carbocycles. The normalized spacial score (nSPS) is 22.2. The first-order chi connectivity index (χ1) is 18.1. The van der Waals surface area contributed by atoms with Crippen LogP contribution in [0.5, 0.6) is 0 Å². The summed E-state index contributed by atoms with van der Waals surface area (Å²) in [5.74, 6) is 1.26. The van der Waals surface area contributed by atoms with Gasteiger partial charge in [0.1, 0.15) is 11.5 Å². The molecule has 2 aliphatic rings. The largest absolute Gasteiger partial charge is 0.395 e. The zero-order chi connectivity index (χ0) is 27.1. The van der Waals surface area contributed by atoms with E-state index in [1.807, 2.05) is 32.1 Å². The number of primary amides is 1. The third kappa shape index (κ3) is 5.14. The molecule has 0 unspecified atom stereocenters. The SMILES string of the molecule is CC(C)(C(N)=O)c1ccc(C2CCC(/C=C/c3c(-c4c(Cl)cncc4Cl)noc3C3CC3)(CO)CC2)cc1. The summed E-state index contributed by atoms with van der Waals surface area (Å²) < 4.78 is 5.78. The van der Waals surface area contributed by atoms with Gasteiger partial charge in [-0.1, -0.05) is 64.8 Å². The van der Waals surface area contributed by atoms with Crippen molar-refractivity contribution in [2.45, 2.75) is 69.6 Å². The lowest BCUT2D eigenvalue weighted by molar-refractivity contribution is -0.122. The number of aliphatic hydroxyl groups is 1. The lowest BCUT2D eigenvalue weighted by Crippen LogP contribution is -2.35. The van der Waals surface area contributed by atoms with E-state index in [9.17, 15) is 9.90 Å². The van der Waals surface area contributed by atoms with Crippen molar-refractivity contribution in [2.75, 3.05) is 6.61 Å². The minimum Gasteiger partial charge on any atom is -0.395 e. The number of hydrogen-bond acceptors (Lipinski definition) is 5. The number of aromatic nitrogens is 2. The summed E-state index contributed by atoms with van der Waals surface area (Å²) in [5, 5.41) is 15.7. The van der Waals surface area contributed by atoms with E-state index in [1.54, 1.807) is 12.4 Å². The molecule has 8 heteroatoms. The van der Waals surface area contributed by atoms with Gasteiger partial charge >= 0.3 is 0 Å². The fourth-order valence-electron chi connectivity index (χ4n) is 5.41. The van der Waals surface area contributed by atoms with Crippen LogP contribution in [0.4, 0.5) is 0 Å². The fourth-order valence-corrected chi connectivity index (χ4v) is 5.95. The Balaban J connectivity index is 1.36. The summed E-state index contributed by atoms with van der Waals surface area (Å²) >= 11 is 12.9. The van der Waals surface area contributed by atoms with Crippen LogP contribution in [0.2, 0.25) is 10.0 Å². The van der Waals surface area contributed by atoms with Crippen molar-refractivity contribution in [3.05, 3.63) is 75.2 Å². The van der Waals surface area contributed by atoms with E-state index < -0.39 is 5.41 Å². The molecule has 0 spiro atoms. The van der Waals surface area contributed by atoms with Gasteiger partial charge in [0, 0.05) is 34.9 Å². The van der Waals surface area contributed by atoms with Gasteiger partial charge in [-0.15, -0.1) is 0 Å². The van der Waals surface area contributed by atoms with Crippen molar-refractivity contribution in [1.29, 1.82) is 0 Å². The van der Waals surface area contributed by atoms with Crippen LogP contribution in [0.1, 0.15) is 86.7 Å². The third-order valence-electron chi connectivity index (χ3n) is 8.41. The second-order valence-corrected chi connectivity index (χ2v) is 12.1. The Bertz CT molecular complexity index is 1330. The fraction of sp³-hybridized carbons (Fsp3) is 0.433. The molecule has 2 aromatic heterocycles. The molecular formula is C30H33Cl2N3O3. The number of benzene rings is 1. The molecule has 0 radical (unpaired) electrons. The Labute approximate surface area is 233 Å². The molecule has 38 heavy (non-hydrogen) atoms. The molecule has 3 N–H and O–H groups in total. The monoisotopic (exact) mass is 553 g/mol. The van der Waals surface area contributed by atoms with Gasteiger partial charge in [-0.05, 0) is 69.4 Å². The van der Waals surface area contributed by atoms with Crippen molar-refractivity contribution in [2.24, 2.45) is 11.1 Å². The summed E-state index contributed by atoms with van der Waals surface area (Å²) in [7, 11) is 0. The number of hydrogen-bond donors (Lipinski definition) is 2. The summed E-state index contributed by atoms with van der Waals surface area (Å²) in [6, 6.07) is 8.24. The molecule has 6 nitrogen and oxygen atoms in total. The van der Waals surface area contributed by atoms with E-state index in [-0.39, 0.29) is 17.9 Å². The van der Waals surface area contributed by atoms with Crippen LogP contribution < -0.4 is 5.73 Å². The smallest absolute Gasteiger partial charge is 0.227 e. The van der Waals surface area contributed by atoms with E-state index >= 15 is 0 Å². The summed E-state index contributed by atoms with van der Waals surface area (Å²) in [6.45, 7) is 3.76. The Hall–Kier alpha value is -2.67. The molecule has 2 heterocycles. The Morgan fingerprint density at radius 3 is 2.29 bits per heavy atom. The van der Waals surface area contributed by atoms with Crippen LogP contribution in [0.15, 0.2) is 47.3 Å². The van der Waals surface area contributed by atoms with Gasteiger partial charge in [-0.3, -0.25) is 9.78 Å². The minimum absolute atomic E-state index is 0.0676. The molecule has 0 saturated heterocycles. The maximum absolute atomic E-state index is 11.8. The number of halogens is 2. The molecule has 1 amide bonds. The lowest BCUT2D eigenvalue weighted by Gasteiger charge is -2.37. The van der Waals surface area contributed by atoms with E-state index in [2.05, 4.69) is 28.3 Å². The number of carbonyl (C=O) groups is 1. The first kappa shape index (κ1) is 26.9. The van der Waals surface area contributed by atoms with E-state index in [0.717, 1.165) is 55.4 Å². The Morgan fingerprint density at radius 2 is 1.74 bits per heavy atom. The van der Waals surface area contributed by atoms with E-state index in [4.69, 9.17) is 33.5 Å². The lowest BCUT2D eigenvalue weighted by atomic mass is 9.69.